The second kappa shape index (κ2) is 9.39. The molecule has 1 aliphatic carbocycles. The number of aromatic nitrogens is 2. The fourth-order valence-electron chi connectivity index (χ4n) is 4.12. The Hall–Kier alpha value is -3.13. The number of amides is 1. The van der Waals surface area contributed by atoms with E-state index in [1.807, 2.05) is 54.6 Å². The molecule has 33 heavy (non-hydrogen) atoms. The molecule has 0 saturated heterocycles. The molecule has 4 nitrogen and oxygen atoms in total. The molecule has 0 atom stereocenters. The predicted octanol–water partition coefficient (Wildman–Crippen LogP) is 5.76. The van der Waals surface area contributed by atoms with Crippen LogP contribution in [0.15, 0.2) is 72.8 Å². The minimum absolute atomic E-state index is 0.127. The molecule has 164 valence electrons. The van der Waals surface area contributed by atoms with Crippen molar-refractivity contribution in [2.24, 2.45) is 0 Å². The monoisotopic (exact) mass is 549 g/mol. The molecule has 0 spiro atoms. The van der Waals surface area contributed by atoms with Gasteiger partial charge in [0.05, 0.1) is 23.5 Å². The molecule has 0 bridgehead atoms. The molecule has 4 aromatic rings. The van der Waals surface area contributed by atoms with Crippen LogP contribution >= 0.6 is 22.6 Å². The van der Waals surface area contributed by atoms with Gasteiger partial charge in [0.15, 0.2) is 5.82 Å². The molecule has 1 amide bonds. The third kappa shape index (κ3) is 4.95. The third-order valence-electron chi connectivity index (χ3n) is 5.74. The molecular weight excluding hydrogens is 528 g/mol. The lowest BCUT2D eigenvalue weighted by Gasteiger charge is -2.21. The van der Waals surface area contributed by atoms with Gasteiger partial charge in [-0.3, -0.25) is 4.79 Å². The van der Waals surface area contributed by atoms with E-state index < -0.39 is 0 Å². The van der Waals surface area contributed by atoms with Gasteiger partial charge in [0.25, 0.3) is 0 Å². The molecule has 6 heteroatoms. The van der Waals surface area contributed by atoms with Crippen LogP contribution in [-0.4, -0.2) is 15.9 Å². The summed E-state index contributed by atoms with van der Waals surface area (Å²) in [6.45, 7) is 0. The molecule has 0 radical (unpaired) electrons. The van der Waals surface area contributed by atoms with E-state index in [-0.39, 0.29) is 18.1 Å². The summed E-state index contributed by atoms with van der Waals surface area (Å²) in [6, 6.07) is 22.7. The number of rotatable bonds is 5. The first-order valence-electron chi connectivity index (χ1n) is 10.8. The first kappa shape index (κ1) is 21.7. The van der Waals surface area contributed by atoms with Crippen LogP contribution in [0.5, 0.6) is 0 Å². The normalized spacial score (nSPS) is 12.1. The van der Waals surface area contributed by atoms with Crippen molar-refractivity contribution in [2.75, 3.05) is 5.32 Å². The molecule has 5 rings (SSSR count). The molecule has 1 heterocycles. The van der Waals surface area contributed by atoms with Gasteiger partial charge in [0.1, 0.15) is 5.82 Å². The second-order valence-corrected chi connectivity index (χ2v) is 9.38. The van der Waals surface area contributed by atoms with Crippen LogP contribution in [0.1, 0.15) is 28.1 Å². The lowest BCUT2D eigenvalue weighted by atomic mass is 9.91. The maximum atomic E-state index is 13.8. The van der Waals surface area contributed by atoms with Crippen molar-refractivity contribution in [3.05, 3.63) is 110 Å². The van der Waals surface area contributed by atoms with Crippen LogP contribution < -0.4 is 5.32 Å². The first-order valence-corrected chi connectivity index (χ1v) is 11.9. The predicted molar refractivity (Wildman–Crippen MR) is 136 cm³/mol. The van der Waals surface area contributed by atoms with Crippen molar-refractivity contribution < 1.29 is 9.18 Å². The van der Waals surface area contributed by atoms with Gasteiger partial charge in [-0.15, -0.1) is 0 Å². The minimum atomic E-state index is -0.242. The number of nitrogens with one attached hydrogen (secondary N) is 1. The maximum absolute atomic E-state index is 13.8. The van der Waals surface area contributed by atoms with E-state index in [1.165, 1.54) is 6.07 Å². The van der Waals surface area contributed by atoms with E-state index in [4.69, 9.17) is 9.97 Å². The number of halogens is 2. The van der Waals surface area contributed by atoms with Crippen molar-refractivity contribution in [1.29, 1.82) is 0 Å². The van der Waals surface area contributed by atoms with Gasteiger partial charge < -0.3 is 5.32 Å². The van der Waals surface area contributed by atoms with Crippen LogP contribution in [0.4, 0.5) is 10.2 Å². The Balaban J connectivity index is 1.50. The van der Waals surface area contributed by atoms with Crippen molar-refractivity contribution in [1.82, 2.24) is 9.97 Å². The van der Waals surface area contributed by atoms with Crippen LogP contribution in [0.2, 0.25) is 0 Å². The van der Waals surface area contributed by atoms with Gasteiger partial charge in [-0.2, -0.15) is 0 Å². The average molecular weight is 549 g/mol. The second-order valence-electron chi connectivity index (χ2n) is 8.13. The highest BCUT2D eigenvalue weighted by molar-refractivity contribution is 14.1. The van der Waals surface area contributed by atoms with Gasteiger partial charge in [0.2, 0.25) is 5.91 Å². The Morgan fingerprint density at radius 1 is 0.939 bits per heavy atom. The Morgan fingerprint density at radius 2 is 1.73 bits per heavy atom. The van der Waals surface area contributed by atoms with Crippen LogP contribution in [0.3, 0.4) is 0 Å². The lowest BCUT2D eigenvalue weighted by Crippen LogP contribution is -2.20. The van der Waals surface area contributed by atoms with Gasteiger partial charge in [-0.05, 0) is 82.5 Å². The van der Waals surface area contributed by atoms with E-state index >= 15 is 0 Å². The largest absolute Gasteiger partial charge is 0.309 e. The number of carbonyl (C=O) groups is 1. The van der Waals surface area contributed by atoms with Gasteiger partial charge >= 0.3 is 0 Å². The highest BCUT2D eigenvalue weighted by Gasteiger charge is 2.23. The highest BCUT2D eigenvalue weighted by atomic mass is 127. The average Bonchev–Trinajstić information content (AvgIpc) is 2.81. The van der Waals surface area contributed by atoms with Crippen molar-refractivity contribution in [3.63, 3.8) is 0 Å². The molecule has 0 aliphatic heterocycles. The molecular formula is C27H21FIN3O. The van der Waals surface area contributed by atoms with Gasteiger partial charge in [-0.1, -0.05) is 42.5 Å². The smallest absolute Gasteiger partial charge is 0.229 e. The fraction of sp³-hybridized carbons (Fsp3) is 0.148. The first-order chi connectivity index (χ1) is 16.0. The molecule has 1 aliphatic rings. The van der Waals surface area contributed by atoms with E-state index in [2.05, 4.69) is 27.9 Å². The minimum Gasteiger partial charge on any atom is -0.309 e. The number of aryl methyl sites for hydroxylation is 2. The zero-order valence-corrected chi connectivity index (χ0v) is 20.0. The zero-order chi connectivity index (χ0) is 22.8. The summed E-state index contributed by atoms with van der Waals surface area (Å²) in [5.41, 5.74) is 6.19. The van der Waals surface area contributed by atoms with Crippen molar-refractivity contribution in [3.8, 4) is 11.3 Å². The summed E-state index contributed by atoms with van der Waals surface area (Å²) in [4.78, 5) is 22.6. The molecule has 0 unspecified atom stereocenters. The van der Waals surface area contributed by atoms with Crippen LogP contribution in [-0.2, 0) is 30.5 Å². The van der Waals surface area contributed by atoms with Crippen molar-refractivity contribution >= 4 is 34.3 Å². The van der Waals surface area contributed by atoms with Crippen LogP contribution in [0, 0.1) is 9.39 Å². The molecule has 3 aromatic carbocycles. The van der Waals surface area contributed by atoms with Crippen LogP contribution in [0.25, 0.3) is 11.3 Å². The number of nitrogens with zero attached hydrogens (tertiary/aromatic N) is 2. The summed E-state index contributed by atoms with van der Waals surface area (Å²) in [5.74, 6) is 0.130. The quantitative estimate of drug-likeness (QED) is 0.323. The SMILES string of the molecule is O=C(Cc1ccc(I)cc1)Nc1nc2c(nc1Cc1ccccc1)-c1ccc(F)cc1CC2. The van der Waals surface area contributed by atoms with E-state index in [0.717, 1.165) is 37.2 Å². The number of anilines is 1. The van der Waals surface area contributed by atoms with Crippen molar-refractivity contribution in [2.45, 2.75) is 25.7 Å². The molecule has 1 aromatic heterocycles. The number of fused-ring (bicyclic) bond motifs is 3. The number of benzene rings is 3. The highest BCUT2D eigenvalue weighted by Crippen LogP contribution is 2.33. The van der Waals surface area contributed by atoms with E-state index in [0.29, 0.717) is 30.8 Å². The maximum Gasteiger partial charge on any atom is 0.229 e. The lowest BCUT2D eigenvalue weighted by molar-refractivity contribution is -0.115. The van der Waals surface area contributed by atoms with E-state index in [1.54, 1.807) is 12.1 Å². The summed E-state index contributed by atoms with van der Waals surface area (Å²) in [5, 5.41) is 3.00. The zero-order valence-electron chi connectivity index (χ0n) is 17.8. The Bertz CT molecular complexity index is 1320. The van der Waals surface area contributed by atoms with Gasteiger partial charge in [-0.25, -0.2) is 14.4 Å². The Labute approximate surface area is 205 Å². The van der Waals surface area contributed by atoms with Gasteiger partial charge in [0, 0.05) is 15.6 Å². The summed E-state index contributed by atoms with van der Waals surface area (Å²) >= 11 is 2.25. The molecule has 1 N–H and O–H groups in total. The molecule has 0 fully saturated rings. The fourth-order valence-corrected chi connectivity index (χ4v) is 4.48. The topological polar surface area (TPSA) is 54.9 Å². The summed E-state index contributed by atoms with van der Waals surface area (Å²) in [6.07, 6.45) is 2.16. The standard InChI is InChI=1S/C27H21FIN3O/c28-20-9-12-22-19(16-20)8-13-23-26(22)30-24(14-17-4-2-1-3-5-17)27(31-23)32-25(33)15-18-6-10-21(29)11-7-18/h1-7,9-12,16H,8,13-15H2,(H,31,32,33). The summed E-state index contributed by atoms with van der Waals surface area (Å²) in [7, 11) is 0. The molecule has 0 saturated carbocycles. The third-order valence-corrected chi connectivity index (χ3v) is 6.46. The number of hydrogen-bond donors (Lipinski definition) is 1. The number of carbonyl (C=O) groups excluding carboxylic acids is 1. The number of hydrogen-bond acceptors (Lipinski definition) is 3. The Kier molecular flexibility index (Phi) is 6.17. The summed E-state index contributed by atoms with van der Waals surface area (Å²) < 4.78 is 14.9. The van der Waals surface area contributed by atoms with E-state index in [9.17, 15) is 9.18 Å². The Morgan fingerprint density at radius 3 is 2.52 bits per heavy atom.